The van der Waals surface area contributed by atoms with Crippen LogP contribution in [0.5, 0.6) is 0 Å². The predicted octanol–water partition coefficient (Wildman–Crippen LogP) is 1.97. The van der Waals surface area contributed by atoms with E-state index in [1.54, 1.807) is 0 Å². The molecular weight excluding hydrogens is 268 g/mol. The van der Waals surface area contributed by atoms with Gasteiger partial charge in [0.25, 0.3) is 0 Å². The molecule has 0 amide bonds. The predicted molar refractivity (Wildman–Crippen MR) is 84.6 cm³/mol. The second-order valence-corrected chi connectivity index (χ2v) is 6.22. The van der Waals surface area contributed by atoms with E-state index in [0.717, 1.165) is 39.1 Å². The molecule has 1 rings (SSSR count). The molecule has 0 aromatic rings. The number of hydrogen-bond acceptors (Lipinski definition) is 4. The third-order valence-corrected chi connectivity index (χ3v) is 4.50. The Bertz CT molecular complexity index is 306. The summed E-state index contributed by atoms with van der Waals surface area (Å²) in [7, 11) is 2.12. The van der Waals surface area contributed by atoms with E-state index in [4.69, 9.17) is 4.74 Å². The van der Waals surface area contributed by atoms with Crippen LogP contribution in [0.25, 0.3) is 0 Å². The van der Waals surface area contributed by atoms with Gasteiger partial charge in [0, 0.05) is 13.2 Å². The number of rotatable bonds is 10. The summed E-state index contributed by atoms with van der Waals surface area (Å²) in [6.07, 6.45) is 4.61. The van der Waals surface area contributed by atoms with Gasteiger partial charge in [0.2, 0.25) is 0 Å². The van der Waals surface area contributed by atoms with Crippen LogP contribution in [0.3, 0.4) is 0 Å². The number of nitrogens with zero attached hydrogens (tertiary/aromatic N) is 1. The van der Waals surface area contributed by atoms with Crippen LogP contribution in [0.4, 0.5) is 0 Å². The van der Waals surface area contributed by atoms with Gasteiger partial charge in [-0.25, -0.2) is 0 Å². The van der Waals surface area contributed by atoms with E-state index in [-0.39, 0.29) is 0 Å². The second-order valence-electron chi connectivity index (χ2n) is 6.22. The van der Waals surface area contributed by atoms with Crippen molar-refractivity contribution in [2.45, 2.75) is 51.5 Å². The van der Waals surface area contributed by atoms with Gasteiger partial charge in [-0.15, -0.1) is 0 Å². The summed E-state index contributed by atoms with van der Waals surface area (Å²) in [4.78, 5) is 13.9. The quantitative estimate of drug-likeness (QED) is 0.646. The molecule has 1 aliphatic rings. The van der Waals surface area contributed by atoms with Crippen molar-refractivity contribution < 1.29 is 14.6 Å². The van der Waals surface area contributed by atoms with Crippen molar-refractivity contribution in [1.82, 2.24) is 10.2 Å². The van der Waals surface area contributed by atoms with E-state index in [9.17, 15) is 9.90 Å². The number of ether oxygens (including phenoxy) is 1. The smallest absolute Gasteiger partial charge is 0.323 e. The average molecular weight is 300 g/mol. The minimum absolute atomic E-state index is 0.621. The van der Waals surface area contributed by atoms with Crippen LogP contribution in [-0.2, 0) is 9.53 Å². The number of carboxylic acid groups (broad SMARTS) is 1. The summed E-state index contributed by atoms with van der Waals surface area (Å²) in [5.74, 6) is -0.0943. The highest BCUT2D eigenvalue weighted by atomic mass is 16.5. The maximum Gasteiger partial charge on any atom is 0.323 e. The van der Waals surface area contributed by atoms with E-state index in [2.05, 4.69) is 17.3 Å². The molecule has 5 nitrogen and oxygen atoms in total. The van der Waals surface area contributed by atoms with Crippen LogP contribution >= 0.6 is 0 Å². The van der Waals surface area contributed by atoms with Crippen molar-refractivity contribution in [2.75, 3.05) is 39.9 Å². The Morgan fingerprint density at radius 1 is 1.48 bits per heavy atom. The third kappa shape index (κ3) is 5.93. The molecule has 2 atom stereocenters. The van der Waals surface area contributed by atoms with Crippen LogP contribution in [0.1, 0.15) is 46.0 Å². The van der Waals surface area contributed by atoms with Crippen LogP contribution in [0, 0.1) is 5.92 Å². The van der Waals surface area contributed by atoms with Gasteiger partial charge in [0.05, 0.1) is 6.61 Å². The Kier molecular flexibility index (Phi) is 8.22. The Balaban J connectivity index is 2.33. The van der Waals surface area contributed by atoms with Gasteiger partial charge in [-0.1, -0.05) is 13.8 Å². The minimum atomic E-state index is -0.760. The molecule has 0 radical (unpaired) electrons. The Labute approximate surface area is 129 Å². The normalized spacial score (nSPS) is 22.2. The topological polar surface area (TPSA) is 61.8 Å². The standard InChI is InChI=1S/C16H32N2O3/c1-4-16(15(19)20,17-5-2)9-7-10-18(3)12-14-8-6-11-21-13-14/h14,17H,4-13H2,1-3H3,(H,19,20). The Morgan fingerprint density at radius 2 is 2.24 bits per heavy atom. The lowest BCUT2D eigenvalue weighted by Crippen LogP contribution is -2.52. The molecule has 21 heavy (non-hydrogen) atoms. The number of hydrogen-bond donors (Lipinski definition) is 2. The Hall–Kier alpha value is -0.650. The minimum Gasteiger partial charge on any atom is -0.480 e. The van der Waals surface area contributed by atoms with Crippen molar-refractivity contribution >= 4 is 5.97 Å². The van der Waals surface area contributed by atoms with Crippen LogP contribution in [-0.4, -0.2) is 61.4 Å². The van der Waals surface area contributed by atoms with Crippen molar-refractivity contribution in [3.05, 3.63) is 0 Å². The molecule has 124 valence electrons. The van der Waals surface area contributed by atoms with Crippen LogP contribution in [0.15, 0.2) is 0 Å². The largest absolute Gasteiger partial charge is 0.480 e. The fraction of sp³-hybridized carbons (Fsp3) is 0.938. The first kappa shape index (κ1) is 18.4. The molecule has 2 N–H and O–H groups in total. The van der Waals surface area contributed by atoms with E-state index in [1.807, 2.05) is 13.8 Å². The maximum absolute atomic E-state index is 11.5. The van der Waals surface area contributed by atoms with Crippen molar-refractivity contribution in [3.63, 3.8) is 0 Å². The molecule has 0 saturated carbocycles. The van der Waals surface area contributed by atoms with E-state index >= 15 is 0 Å². The van der Waals surface area contributed by atoms with Gasteiger partial charge < -0.3 is 20.1 Å². The molecule has 0 bridgehead atoms. The average Bonchev–Trinajstić information content (AvgIpc) is 2.47. The van der Waals surface area contributed by atoms with Gasteiger partial charge in [0.1, 0.15) is 5.54 Å². The molecule has 0 aromatic heterocycles. The number of aliphatic carboxylic acids is 1. The van der Waals surface area contributed by atoms with Gasteiger partial charge in [0.15, 0.2) is 0 Å². The Morgan fingerprint density at radius 3 is 2.76 bits per heavy atom. The van der Waals surface area contributed by atoms with Gasteiger partial charge in [-0.2, -0.15) is 0 Å². The molecule has 0 spiro atoms. The summed E-state index contributed by atoms with van der Waals surface area (Å²) >= 11 is 0. The summed E-state index contributed by atoms with van der Waals surface area (Å²) in [6, 6.07) is 0. The third-order valence-electron chi connectivity index (χ3n) is 4.50. The zero-order valence-electron chi connectivity index (χ0n) is 13.9. The van der Waals surface area contributed by atoms with Crippen molar-refractivity contribution in [3.8, 4) is 0 Å². The summed E-state index contributed by atoms with van der Waals surface area (Å²) < 4.78 is 5.51. The molecule has 0 aromatic carbocycles. The number of nitrogens with one attached hydrogen (secondary N) is 1. The highest BCUT2D eigenvalue weighted by molar-refractivity contribution is 5.78. The number of carboxylic acids is 1. The molecule has 5 heteroatoms. The molecule has 0 aliphatic carbocycles. The molecule has 2 unspecified atom stereocenters. The molecule has 1 heterocycles. The highest BCUT2D eigenvalue weighted by Crippen LogP contribution is 2.19. The van der Waals surface area contributed by atoms with Crippen molar-refractivity contribution in [2.24, 2.45) is 5.92 Å². The lowest BCUT2D eigenvalue weighted by Gasteiger charge is -2.31. The number of carbonyl (C=O) groups is 1. The van der Waals surface area contributed by atoms with E-state index in [1.165, 1.54) is 6.42 Å². The van der Waals surface area contributed by atoms with Crippen molar-refractivity contribution in [1.29, 1.82) is 0 Å². The molecule has 1 fully saturated rings. The highest BCUT2D eigenvalue weighted by Gasteiger charge is 2.35. The maximum atomic E-state index is 11.5. The summed E-state index contributed by atoms with van der Waals surface area (Å²) in [5.41, 5.74) is -0.760. The lowest BCUT2D eigenvalue weighted by molar-refractivity contribution is -0.145. The molecule has 1 aliphatic heterocycles. The zero-order valence-corrected chi connectivity index (χ0v) is 13.9. The van der Waals surface area contributed by atoms with Crippen LogP contribution in [0.2, 0.25) is 0 Å². The summed E-state index contributed by atoms with van der Waals surface area (Å²) in [5, 5.41) is 12.7. The fourth-order valence-electron chi connectivity index (χ4n) is 3.20. The van der Waals surface area contributed by atoms with E-state index in [0.29, 0.717) is 25.3 Å². The van der Waals surface area contributed by atoms with Gasteiger partial charge >= 0.3 is 5.97 Å². The first-order chi connectivity index (χ1) is 10.0. The van der Waals surface area contributed by atoms with Gasteiger partial charge in [-0.3, -0.25) is 4.79 Å². The monoisotopic (exact) mass is 300 g/mol. The fourth-order valence-corrected chi connectivity index (χ4v) is 3.20. The van der Waals surface area contributed by atoms with Crippen LogP contribution < -0.4 is 5.32 Å². The second kappa shape index (κ2) is 9.38. The van der Waals surface area contributed by atoms with E-state index < -0.39 is 11.5 Å². The first-order valence-electron chi connectivity index (χ1n) is 8.28. The zero-order chi connectivity index (χ0) is 15.7. The summed E-state index contributed by atoms with van der Waals surface area (Å²) in [6.45, 7) is 8.36. The molecular formula is C16H32N2O3. The first-order valence-corrected chi connectivity index (χ1v) is 8.28. The SMILES string of the molecule is CCNC(CC)(CCCN(C)CC1CCCOC1)C(=O)O. The number of likely N-dealkylation sites (N-methyl/N-ethyl adjacent to an activating group) is 1. The molecule has 1 saturated heterocycles. The lowest BCUT2D eigenvalue weighted by atomic mass is 9.90. The van der Waals surface area contributed by atoms with Gasteiger partial charge in [-0.05, 0) is 58.2 Å².